The first-order valence-electron chi connectivity index (χ1n) is 7.20. The summed E-state index contributed by atoms with van der Waals surface area (Å²) in [6.45, 7) is 0. The van der Waals surface area contributed by atoms with E-state index in [2.05, 4.69) is 48.5 Å². The quantitative estimate of drug-likeness (QED) is 0.608. The normalized spacial score (nSPS) is 10.5. The van der Waals surface area contributed by atoms with Crippen LogP contribution in [-0.2, 0) is 12.8 Å². The van der Waals surface area contributed by atoms with E-state index in [1.54, 1.807) is 0 Å². The first kappa shape index (κ1) is 13.6. The van der Waals surface area contributed by atoms with Crippen molar-refractivity contribution < 1.29 is 4.39 Å². The Morgan fingerprint density at radius 3 is 2.00 bits per heavy atom. The van der Waals surface area contributed by atoms with E-state index in [0.29, 0.717) is 0 Å². The molecule has 3 aromatic carbocycles. The molecule has 0 N–H and O–H groups in total. The van der Waals surface area contributed by atoms with Crippen molar-refractivity contribution in [3.05, 3.63) is 95.8 Å². The molecule has 21 heavy (non-hydrogen) atoms. The van der Waals surface area contributed by atoms with Gasteiger partial charge in [-0.25, -0.2) is 4.39 Å². The number of hydrogen-bond donors (Lipinski definition) is 0. The molecule has 0 saturated heterocycles. The molecule has 3 rings (SSSR count). The van der Waals surface area contributed by atoms with Gasteiger partial charge in [-0.1, -0.05) is 66.7 Å². The first-order valence-corrected chi connectivity index (χ1v) is 7.20. The van der Waals surface area contributed by atoms with Gasteiger partial charge in [0.05, 0.1) is 0 Å². The summed E-state index contributed by atoms with van der Waals surface area (Å²) in [6, 6.07) is 25.8. The first-order chi connectivity index (χ1) is 10.3. The van der Waals surface area contributed by atoms with Crippen LogP contribution in [0.1, 0.15) is 11.1 Å². The summed E-state index contributed by atoms with van der Waals surface area (Å²) < 4.78 is 12.9. The summed E-state index contributed by atoms with van der Waals surface area (Å²) in [5.74, 6) is -0.176. The smallest absolute Gasteiger partial charge is 0.123 e. The molecule has 1 heteroatoms. The lowest BCUT2D eigenvalue weighted by atomic mass is 9.99. The van der Waals surface area contributed by atoms with Crippen LogP contribution in [0.3, 0.4) is 0 Å². The van der Waals surface area contributed by atoms with Gasteiger partial charge >= 0.3 is 0 Å². The van der Waals surface area contributed by atoms with Crippen molar-refractivity contribution in [2.75, 3.05) is 0 Å². The molecule has 0 heterocycles. The van der Waals surface area contributed by atoms with E-state index < -0.39 is 0 Å². The minimum Gasteiger partial charge on any atom is -0.207 e. The van der Waals surface area contributed by atoms with E-state index in [1.807, 2.05) is 18.2 Å². The van der Waals surface area contributed by atoms with Crippen LogP contribution >= 0.6 is 0 Å². The van der Waals surface area contributed by atoms with Crippen molar-refractivity contribution in [2.24, 2.45) is 0 Å². The highest BCUT2D eigenvalue weighted by molar-refractivity contribution is 5.63. The molecule has 0 radical (unpaired) electrons. The van der Waals surface area contributed by atoms with E-state index in [-0.39, 0.29) is 5.82 Å². The zero-order chi connectivity index (χ0) is 14.5. The maximum atomic E-state index is 12.9. The summed E-state index contributed by atoms with van der Waals surface area (Å²) in [6.07, 6.45) is 1.89. The van der Waals surface area contributed by atoms with Crippen molar-refractivity contribution in [1.82, 2.24) is 0 Å². The Hall–Kier alpha value is -2.41. The molecule has 3 aromatic rings. The lowest BCUT2D eigenvalue weighted by Crippen LogP contribution is -1.92. The van der Waals surface area contributed by atoms with E-state index >= 15 is 0 Å². The zero-order valence-electron chi connectivity index (χ0n) is 11.8. The van der Waals surface area contributed by atoms with Gasteiger partial charge in [-0.15, -0.1) is 0 Å². The molecule has 0 amide bonds. The number of benzene rings is 3. The van der Waals surface area contributed by atoms with Crippen LogP contribution in [0.2, 0.25) is 0 Å². The minimum atomic E-state index is -0.176. The van der Waals surface area contributed by atoms with Gasteiger partial charge in [-0.3, -0.25) is 0 Å². The maximum absolute atomic E-state index is 12.9. The van der Waals surface area contributed by atoms with Crippen LogP contribution in [0, 0.1) is 5.82 Å². The van der Waals surface area contributed by atoms with E-state index in [9.17, 15) is 4.39 Å². The van der Waals surface area contributed by atoms with Gasteiger partial charge in [0.1, 0.15) is 5.82 Å². The standard InChI is InChI=1S/C20H17F/c21-20-13-11-16(12-14-20)9-10-17-5-4-8-19(15-17)18-6-2-1-3-7-18/h1-8,11-15H,9-10H2. The third kappa shape index (κ3) is 3.57. The molecule has 0 aromatic heterocycles. The van der Waals surface area contributed by atoms with Crippen LogP contribution in [0.4, 0.5) is 4.39 Å². The average Bonchev–Trinajstić information content (AvgIpc) is 2.55. The van der Waals surface area contributed by atoms with Gasteiger partial charge in [-0.2, -0.15) is 0 Å². The molecular weight excluding hydrogens is 259 g/mol. The van der Waals surface area contributed by atoms with Crippen molar-refractivity contribution >= 4 is 0 Å². The van der Waals surface area contributed by atoms with Crippen LogP contribution in [0.5, 0.6) is 0 Å². The highest BCUT2D eigenvalue weighted by Crippen LogP contribution is 2.20. The summed E-state index contributed by atoms with van der Waals surface area (Å²) in [7, 11) is 0. The maximum Gasteiger partial charge on any atom is 0.123 e. The van der Waals surface area contributed by atoms with Crippen molar-refractivity contribution in [3.63, 3.8) is 0 Å². The second-order valence-electron chi connectivity index (χ2n) is 5.19. The Morgan fingerprint density at radius 1 is 0.571 bits per heavy atom. The molecular formula is C20H17F. The lowest BCUT2D eigenvalue weighted by molar-refractivity contribution is 0.627. The highest BCUT2D eigenvalue weighted by Gasteiger charge is 2.00. The molecule has 0 aliphatic rings. The number of aryl methyl sites for hydroxylation is 2. The topological polar surface area (TPSA) is 0 Å². The van der Waals surface area contributed by atoms with Gasteiger partial charge in [-0.05, 0) is 47.2 Å². The molecule has 0 spiro atoms. The van der Waals surface area contributed by atoms with Crippen LogP contribution in [0.15, 0.2) is 78.9 Å². The van der Waals surface area contributed by atoms with Crippen LogP contribution in [-0.4, -0.2) is 0 Å². The van der Waals surface area contributed by atoms with Crippen LogP contribution < -0.4 is 0 Å². The Bertz CT molecular complexity index is 699. The molecule has 0 nitrogen and oxygen atoms in total. The zero-order valence-corrected chi connectivity index (χ0v) is 11.8. The van der Waals surface area contributed by atoms with Crippen molar-refractivity contribution in [1.29, 1.82) is 0 Å². The molecule has 104 valence electrons. The van der Waals surface area contributed by atoms with Gasteiger partial charge in [0.15, 0.2) is 0 Å². The SMILES string of the molecule is Fc1ccc(CCc2cccc(-c3ccccc3)c2)cc1. The molecule has 0 fully saturated rings. The third-order valence-corrected chi connectivity index (χ3v) is 3.65. The van der Waals surface area contributed by atoms with Gasteiger partial charge < -0.3 is 0 Å². The van der Waals surface area contributed by atoms with Crippen LogP contribution in [0.25, 0.3) is 11.1 Å². The van der Waals surface area contributed by atoms with Crippen molar-refractivity contribution in [2.45, 2.75) is 12.8 Å². The van der Waals surface area contributed by atoms with Crippen molar-refractivity contribution in [3.8, 4) is 11.1 Å². The Labute approximate surface area is 124 Å². The predicted molar refractivity (Wildman–Crippen MR) is 85.7 cm³/mol. The summed E-state index contributed by atoms with van der Waals surface area (Å²) in [5, 5.41) is 0. The fraction of sp³-hybridized carbons (Fsp3) is 0.100. The molecule has 0 bridgehead atoms. The summed E-state index contributed by atoms with van der Waals surface area (Å²) >= 11 is 0. The predicted octanol–water partition coefficient (Wildman–Crippen LogP) is 5.28. The molecule has 0 aliphatic heterocycles. The highest BCUT2D eigenvalue weighted by atomic mass is 19.1. The van der Waals surface area contributed by atoms with Gasteiger partial charge in [0.25, 0.3) is 0 Å². The van der Waals surface area contributed by atoms with Gasteiger partial charge in [0.2, 0.25) is 0 Å². The third-order valence-electron chi connectivity index (χ3n) is 3.65. The second kappa shape index (κ2) is 6.36. The Kier molecular flexibility index (Phi) is 4.11. The lowest BCUT2D eigenvalue weighted by Gasteiger charge is -2.06. The molecule has 0 aliphatic carbocycles. The summed E-state index contributed by atoms with van der Waals surface area (Å²) in [4.78, 5) is 0. The van der Waals surface area contributed by atoms with E-state index in [0.717, 1.165) is 12.8 Å². The second-order valence-corrected chi connectivity index (χ2v) is 5.19. The number of hydrogen-bond acceptors (Lipinski definition) is 0. The van der Waals surface area contributed by atoms with E-state index in [1.165, 1.54) is 34.4 Å². The Balaban J connectivity index is 1.73. The molecule has 0 unspecified atom stereocenters. The largest absolute Gasteiger partial charge is 0.207 e. The number of halogens is 1. The van der Waals surface area contributed by atoms with Gasteiger partial charge in [0, 0.05) is 0 Å². The summed E-state index contributed by atoms with van der Waals surface area (Å²) in [5.41, 5.74) is 4.95. The number of rotatable bonds is 4. The monoisotopic (exact) mass is 276 g/mol. The Morgan fingerprint density at radius 2 is 1.24 bits per heavy atom. The fourth-order valence-electron chi connectivity index (χ4n) is 2.48. The van der Waals surface area contributed by atoms with E-state index in [4.69, 9.17) is 0 Å². The minimum absolute atomic E-state index is 0.176. The molecule has 0 saturated carbocycles. The fourth-order valence-corrected chi connectivity index (χ4v) is 2.48. The molecule has 0 atom stereocenters. The average molecular weight is 276 g/mol.